The summed E-state index contributed by atoms with van der Waals surface area (Å²) in [7, 11) is 0. The van der Waals surface area contributed by atoms with Gasteiger partial charge in [-0.05, 0) is 56.4 Å². The van der Waals surface area contributed by atoms with Crippen LogP contribution in [0.5, 0.6) is 11.5 Å². The summed E-state index contributed by atoms with van der Waals surface area (Å²) in [6, 6.07) is 11.0. The molecule has 1 N–H and O–H groups in total. The molecule has 0 saturated carbocycles. The van der Waals surface area contributed by atoms with Gasteiger partial charge in [0.05, 0.1) is 17.3 Å². The quantitative estimate of drug-likeness (QED) is 0.596. The molecule has 1 amide bonds. The Morgan fingerprint density at radius 2 is 2.18 bits per heavy atom. The molecule has 0 bridgehead atoms. The molecule has 2 heterocycles. The first-order valence-electron chi connectivity index (χ1n) is 9.06. The Kier molecular flexibility index (Phi) is 5.00. The fourth-order valence-corrected chi connectivity index (χ4v) is 3.90. The molecular weight excluding hydrogens is 396 g/mol. The van der Waals surface area contributed by atoms with E-state index in [9.17, 15) is 4.79 Å². The second-order valence-electron chi connectivity index (χ2n) is 6.64. The molecule has 144 valence electrons. The highest BCUT2D eigenvalue weighted by molar-refractivity contribution is 7.80. The van der Waals surface area contributed by atoms with Gasteiger partial charge in [0.15, 0.2) is 5.11 Å². The third-order valence-corrected chi connectivity index (χ3v) is 5.20. The topological polar surface area (TPSA) is 50.8 Å². The normalized spacial score (nSPS) is 19.6. The van der Waals surface area contributed by atoms with Crippen LogP contribution in [0.3, 0.4) is 0 Å². The molecule has 0 radical (unpaired) electrons. The molecule has 0 unspecified atom stereocenters. The van der Waals surface area contributed by atoms with Crippen LogP contribution in [0.1, 0.15) is 25.0 Å². The molecular formula is C21H19ClN2O3S. The fraction of sp³-hybridized carbons (Fsp3) is 0.238. The van der Waals surface area contributed by atoms with E-state index < -0.39 is 0 Å². The Morgan fingerprint density at radius 3 is 2.93 bits per heavy atom. The minimum Gasteiger partial charge on any atom is -0.493 e. The lowest BCUT2D eigenvalue weighted by Gasteiger charge is -2.15. The van der Waals surface area contributed by atoms with Crippen LogP contribution < -0.4 is 19.7 Å². The standard InChI is InChI=1S/C21H19ClN2O3S/c1-3-26-18-10-13-8-12(2)27-19(13)11-14(18)9-16-20(25)24(21(28)23-16)17-7-5-4-6-15(17)22/h4-7,9-12H,3,8H2,1-2H3,(H,23,28)/b16-9-/t12-/m0/s1. The molecule has 1 fully saturated rings. The number of benzene rings is 2. The third kappa shape index (κ3) is 3.34. The molecule has 0 aliphatic carbocycles. The van der Waals surface area contributed by atoms with Crippen LogP contribution in [0.2, 0.25) is 5.02 Å². The van der Waals surface area contributed by atoms with Crippen LogP contribution in [0.25, 0.3) is 6.08 Å². The lowest BCUT2D eigenvalue weighted by Crippen LogP contribution is -2.30. The molecule has 7 heteroatoms. The van der Waals surface area contributed by atoms with E-state index in [1.165, 1.54) is 4.90 Å². The van der Waals surface area contributed by atoms with Gasteiger partial charge in [-0.2, -0.15) is 0 Å². The van der Waals surface area contributed by atoms with E-state index in [0.29, 0.717) is 28.8 Å². The SMILES string of the molecule is CCOc1cc2c(cc1/C=C1\NC(=S)N(c3ccccc3Cl)C1=O)O[C@@H](C)C2. The number of para-hydroxylation sites is 1. The van der Waals surface area contributed by atoms with Crippen molar-refractivity contribution in [2.45, 2.75) is 26.4 Å². The van der Waals surface area contributed by atoms with Crippen molar-refractivity contribution >= 4 is 46.6 Å². The van der Waals surface area contributed by atoms with Crippen LogP contribution in [-0.4, -0.2) is 23.7 Å². The van der Waals surface area contributed by atoms with Crippen LogP contribution in [0.4, 0.5) is 5.69 Å². The molecule has 0 spiro atoms. The van der Waals surface area contributed by atoms with Gasteiger partial charge in [0.25, 0.3) is 5.91 Å². The van der Waals surface area contributed by atoms with Gasteiger partial charge in [0.2, 0.25) is 0 Å². The second-order valence-corrected chi connectivity index (χ2v) is 7.44. The van der Waals surface area contributed by atoms with E-state index in [0.717, 1.165) is 23.3 Å². The van der Waals surface area contributed by atoms with Crippen molar-refractivity contribution in [3.63, 3.8) is 0 Å². The lowest BCUT2D eigenvalue weighted by atomic mass is 10.1. The number of fused-ring (bicyclic) bond motifs is 1. The van der Waals surface area contributed by atoms with E-state index in [-0.39, 0.29) is 17.1 Å². The van der Waals surface area contributed by atoms with Gasteiger partial charge < -0.3 is 14.8 Å². The Bertz CT molecular complexity index is 1010. The number of amides is 1. The number of hydrogen-bond donors (Lipinski definition) is 1. The second kappa shape index (κ2) is 7.45. The first-order valence-corrected chi connectivity index (χ1v) is 9.84. The molecule has 2 aliphatic rings. The summed E-state index contributed by atoms with van der Waals surface area (Å²) < 4.78 is 11.6. The highest BCUT2D eigenvalue weighted by Crippen LogP contribution is 2.37. The smallest absolute Gasteiger partial charge is 0.281 e. The van der Waals surface area contributed by atoms with E-state index in [4.69, 9.17) is 33.3 Å². The first-order chi connectivity index (χ1) is 13.5. The maximum absolute atomic E-state index is 13.0. The maximum atomic E-state index is 13.0. The summed E-state index contributed by atoms with van der Waals surface area (Å²) in [6.45, 7) is 4.48. The molecule has 4 rings (SSSR count). The predicted molar refractivity (Wildman–Crippen MR) is 114 cm³/mol. The number of nitrogens with one attached hydrogen (secondary N) is 1. The van der Waals surface area contributed by atoms with Gasteiger partial charge in [-0.3, -0.25) is 9.69 Å². The predicted octanol–water partition coefficient (Wildman–Crippen LogP) is 4.32. The molecule has 2 aromatic rings. The summed E-state index contributed by atoms with van der Waals surface area (Å²) in [5.41, 5.74) is 2.77. The summed E-state index contributed by atoms with van der Waals surface area (Å²) in [4.78, 5) is 14.4. The van der Waals surface area contributed by atoms with Crippen molar-refractivity contribution in [2.24, 2.45) is 0 Å². The van der Waals surface area contributed by atoms with Crippen molar-refractivity contribution in [1.82, 2.24) is 5.32 Å². The van der Waals surface area contributed by atoms with Gasteiger partial charge in [0.1, 0.15) is 23.3 Å². The van der Waals surface area contributed by atoms with Crippen molar-refractivity contribution in [1.29, 1.82) is 0 Å². The Balaban J connectivity index is 1.72. The Labute approximate surface area is 173 Å². The average molecular weight is 415 g/mol. The van der Waals surface area contributed by atoms with Gasteiger partial charge in [-0.15, -0.1) is 0 Å². The number of nitrogens with zero attached hydrogens (tertiary/aromatic N) is 1. The molecule has 28 heavy (non-hydrogen) atoms. The number of anilines is 1. The zero-order chi connectivity index (χ0) is 19.8. The minimum absolute atomic E-state index is 0.127. The maximum Gasteiger partial charge on any atom is 0.281 e. The Morgan fingerprint density at radius 1 is 1.39 bits per heavy atom. The van der Waals surface area contributed by atoms with E-state index in [2.05, 4.69) is 5.32 Å². The Hall–Kier alpha value is -2.57. The summed E-state index contributed by atoms with van der Waals surface area (Å²) >= 11 is 11.6. The average Bonchev–Trinajstić information content (AvgIpc) is 3.14. The highest BCUT2D eigenvalue weighted by Gasteiger charge is 2.33. The number of thiocarbonyl (C=S) groups is 1. The highest BCUT2D eigenvalue weighted by atomic mass is 35.5. The molecule has 1 atom stereocenters. The van der Waals surface area contributed by atoms with Gasteiger partial charge in [-0.1, -0.05) is 23.7 Å². The number of ether oxygens (including phenoxy) is 2. The van der Waals surface area contributed by atoms with Gasteiger partial charge in [-0.25, -0.2) is 0 Å². The third-order valence-electron chi connectivity index (χ3n) is 4.60. The fourth-order valence-electron chi connectivity index (χ4n) is 3.39. The lowest BCUT2D eigenvalue weighted by molar-refractivity contribution is -0.113. The van der Waals surface area contributed by atoms with Crippen LogP contribution in [-0.2, 0) is 11.2 Å². The summed E-state index contributed by atoms with van der Waals surface area (Å²) in [5, 5.41) is 3.73. The van der Waals surface area contributed by atoms with Crippen molar-refractivity contribution in [3.05, 3.63) is 58.2 Å². The number of rotatable bonds is 4. The van der Waals surface area contributed by atoms with E-state index >= 15 is 0 Å². The summed E-state index contributed by atoms with van der Waals surface area (Å²) in [5.74, 6) is 1.26. The summed E-state index contributed by atoms with van der Waals surface area (Å²) in [6.07, 6.45) is 2.71. The van der Waals surface area contributed by atoms with Gasteiger partial charge >= 0.3 is 0 Å². The van der Waals surface area contributed by atoms with Crippen molar-refractivity contribution in [3.8, 4) is 11.5 Å². The minimum atomic E-state index is -0.268. The molecule has 0 aromatic heterocycles. The molecule has 1 saturated heterocycles. The molecule has 2 aromatic carbocycles. The van der Waals surface area contributed by atoms with Crippen LogP contribution in [0, 0.1) is 0 Å². The van der Waals surface area contributed by atoms with Crippen LogP contribution >= 0.6 is 23.8 Å². The largest absolute Gasteiger partial charge is 0.493 e. The first kappa shape index (κ1) is 18.8. The number of hydrogen-bond acceptors (Lipinski definition) is 4. The van der Waals surface area contributed by atoms with E-state index in [1.807, 2.05) is 32.0 Å². The number of halogens is 1. The number of carbonyl (C=O) groups is 1. The van der Waals surface area contributed by atoms with Crippen LogP contribution in [0.15, 0.2) is 42.1 Å². The monoisotopic (exact) mass is 414 g/mol. The molecule has 5 nitrogen and oxygen atoms in total. The van der Waals surface area contributed by atoms with Crippen molar-refractivity contribution in [2.75, 3.05) is 11.5 Å². The van der Waals surface area contributed by atoms with Gasteiger partial charge in [0, 0.05) is 17.5 Å². The molecule has 2 aliphatic heterocycles. The van der Waals surface area contributed by atoms with Crippen molar-refractivity contribution < 1.29 is 14.3 Å². The van der Waals surface area contributed by atoms with E-state index in [1.54, 1.807) is 24.3 Å². The number of carbonyl (C=O) groups excluding carboxylic acids is 1. The zero-order valence-corrected chi connectivity index (χ0v) is 17.1. The zero-order valence-electron chi connectivity index (χ0n) is 15.5.